The van der Waals surface area contributed by atoms with E-state index in [2.05, 4.69) is 5.10 Å². The molecule has 2 heterocycles. The second-order valence-electron chi connectivity index (χ2n) is 3.21. The number of nitrogens with zero attached hydrogens (tertiary/aromatic N) is 2. The van der Waals surface area contributed by atoms with E-state index in [4.69, 9.17) is 0 Å². The summed E-state index contributed by atoms with van der Waals surface area (Å²) in [5.41, 5.74) is 1.15. The quantitative estimate of drug-likeness (QED) is 0.837. The van der Waals surface area contributed by atoms with E-state index >= 15 is 0 Å². The second-order valence-corrected chi connectivity index (χ2v) is 4.16. The summed E-state index contributed by atoms with van der Waals surface area (Å²) in [5, 5.41) is 16.0. The molecule has 0 amide bonds. The summed E-state index contributed by atoms with van der Waals surface area (Å²) in [5.74, 6) is 0. The number of aromatic nitrogens is 2. The van der Waals surface area contributed by atoms with Crippen LogP contribution >= 0.6 is 11.3 Å². The predicted octanol–water partition coefficient (Wildman–Crippen LogP) is 1.99. The van der Waals surface area contributed by atoms with Crippen LogP contribution in [-0.2, 0) is 6.54 Å². The lowest BCUT2D eigenvalue weighted by Gasteiger charge is -2.09. The summed E-state index contributed by atoms with van der Waals surface area (Å²) in [7, 11) is 0. The minimum absolute atomic E-state index is 0.449. The van der Waals surface area contributed by atoms with Gasteiger partial charge < -0.3 is 5.11 Å². The van der Waals surface area contributed by atoms with Crippen LogP contribution in [0.4, 0.5) is 0 Å². The molecule has 14 heavy (non-hydrogen) atoms. The summed E-state index contributed by atoms with van der Waals surface area (Å²) in [6.07, 6.45) is 3.12. The molecular weight excluding hydrogens is 196 g/mol. The van der Waals surface area contributed by atoms with E-state index in [9.17, 15) is 5.11 Å². The number of hydrogen-bond acceptors (Lipinski definition) is 3. The lowest BCUT2D eigenvalue weighted by Crippen LogP contribution is -2.08. The Labute approximate surface area is 86.6 Å². The Morgan fingerprint density at radius 2 is 2.50 bits per heavy atom. The minimum Gasteiger partial charge on any atom is -0.386 e. The van der Waals surface area contributed by atoms with Gasteiger partial charge in [-0.3, -0.25) is 4.68 Å². The lowest BCUT2D eigenvalue weighted by atomic mass is 10.2. The van der Waals surface area contributed by atoms with Crippen molar-refractivity contribution in [2.24, 2.45) is 0 Å². The van der Waals surface area contributed by atoms with Crippen molar-refractivity contribution in [3.63, 3.8) is 0 Å². The van der Waals surface area contributed by atoms with E-state index in [0.29, 0.717) is 6.54 Å². The van der Waals surface area contributed by atoms with Gasteiger partial charge in [-0.2, -0.15) is 5.10 Å². The molecule has 74 valence electrons. The Morgan fingerprint density at radius 3 is 3.07 bits per heavy atom. The average Bonchev–Trinajstić information content (AvgIpc) is 2.75. The normalized spacial score (nSPS) is 13.0. The molecule has 0 radical (unpaired) electrons. The third-order valence-corrected chi connectivity index (χ3v) is 3.24. The van der Waals surface area contributed by atoms with Gasteiger partial charge in [-0.1, -0.05) is 0 Å². The first-order valence-corrected chi connectivity index (χ1v) is 5.35. The van der Waals surface area contributed by atoms with Crippen LogP contribution in [0.15, 0.2) is 29.9 Å². The first-order chi connectivity index (χ1) is 6.77. The molecule has 0 saturated carbocycles. The molecule has 0 aliphatic rings. The summed E-state index contributed by atoms with van der Waals surface area (Å²) in [4.78, 5) is 1.03. The number of thiophene rings is 1. The molecule has 0 aliphatic heterocycles. The summed E-state index contributed by atoms with van der Waals surface area (Å²) < 4.78 is 1.74. The largest absolute Gasteiger partial charge is 0.386 e. The van der Waals surface area contributed by atoms with Crippen molar-refractivity contribution >= 4 is 11.3 Å². The molecule has 2 rings (SSSR count). The van der Waals surface area contributed by atoms with E-state index in [1.54, 1.807) is 22.2 Å². The van der Waals surface area contributed by atoms with Gasteiger partial charge in [0.05, 0.1) is 6.54 Å². The van der Waals surface area contributed by atoms with Crippen molar-refractivity contribution in [2.45, 2.75) is 19.6 Å². The van der Waals surface area contributed by atoms with E-state index in [-0.39, 0.29) is 0 Å². The maximum absolute atomic E-state index is 9.91. The van der Waals surface area contributed by atoms with Crippen LogP contribution in [0, 0.1) is 6.92 Å². The minimum atomic E-state index is -0.449. The van der Waals surface area contributed by atoms with Gasteiger partial charge in [-0.15, -0.1) is 11.3 Å². The van der Waals surface area contributed by atoms with Crippen LogP contribution in [0.2, 0.25) is 0 Å². The van der Waals surface area contributed by atoms with Crippen LogP contribution in [0.1, 0.15) is 16.5 Å². The molecule has 0 bridgehead atoms. The van der Waals surface area contributed by atoms with Gasteiger partial charge in [0.2, 0.25) is 0 Å². The maximum atomic E-state index is 9.91. The Kier molecular flexibility index (Phi) is 2.65. The summed E-state index contributed by atoms with van der Waals surface area (Å²) in [6.45, 7) is 2.53. The van der Waals surface area contributed by atoms with E-state index < -0.39 is 6.10 Å². The monoisotopic (exact) mass is 208 g/mol. The predicted molar refractivity (Wildman–Crippen MR) is 56.2 cm³/mol. The Morgan fingerprint density at radius 1 is 1.64 bits per heavy atom. The first kappa shape index (κ1) is 9.43. The fraction of sp³-hybridized carbons (Fsp3) is 0.300. The highest BCUT2D eigenvalue weighted by Crippen LogP contribution is 2.24. The van der Waals surface area contributed by atoms with Gasteiger partial charge in [0.15, 0.2) is 0 Å². The Balaban J connectivity index is 2.10. The third-order valence-electron chi connectivity index (χ3n) is 2.12. The molecule has 4 heteroatoms. The highest BCUT2D eigenvalue weighted by atomic mass is 32.1. The molecule has 1 atom stereocenters. The van der Waals surface area contributed by atoms with E-state index in [1.165, 1.54) is 0 Å². The molecule has 2 aromatic rings. The molecule has 0 aromatic carbocycles. The van der Waals surface area contributed by atoms with Gasteiger partial charge in [0.1, 0.15) is 6.10 Å². The van der Waals surface area contributed by atoms with Crippen LogP contribution in [0.3, 0.4) is 0 Å². The first-order valence-electron chi connectivity index (χ1n) is 4.47. The topological polar surface area (TPSA) is 38.0 Å². The SMILES string of the molecule is Cc1ccsc1C(O)Cn1cccn1. The molecule has 0 saturated heterocycles. The van der Waals surface area contributed by atoms with Crippen LogP contribution < -0.4 is 0 Å². The van der Waals surface area contributed by atoms with Crippen molar-refractivity contribution < 1.29 is 5.11 Å². The van der Waals surface area contributed by atoms with Gasteiger partial charge in [-0.25, -0.2) is 0 Å². The summed E-state index contributed by atoms with van der Waals surface area (Å²) >= 11 is 1.59. The van der Waals surface area contributed by atoms with Gasteiger partial charge in [0, 0.05) is 17.3 Å². The molecule has 1 unspecified atom stereocenters. The van der Waals surface area contributed by atoms with E-state index in [0.717, 1.165) is 10.4 Å². The van der Waals surface area contributed by atoms with Crippen LogP contribution in [0.25, 0.3) is 0 Å². The van der Waals surface area contributed by atoms with Gasteiger partial charge in [0.25, 0.3) is 0 Å². The van der Waals surface area contributed by atoms with Gasteiger partial charge >= 0.3 is 0 Å². The highest BCUT2D eigenvalue weighted by Gasteiger charge is 2.12. The Bertz CT molecular complexity index is 394. The number of hydrogen-bond donors (Lipinski definition) is 1. The molecule has 2 aromatic heterocycles. The number of aliphatic hydroxyl groups is 1. The zero-order chi connectivity index (χ0) is 9.97. The standard InChI is InChI=1S/C10H12N2OS/c1-8-3-6-14-10(8)9(13)7-12-5-2-4-11-12/h2-6,9,13H,7H2,1H3. The zero-order valence-electron chi connectivity index (χ0n) is 7.92. The number of aryl methyl sites for hydroxylation is 1. The molecule has 0 aliphatic carbocycles. The van der Waals surface area contributed by atoms with Crippen molar-refractivity contribution in [3.05, 3.63) is 40.3 Å². The van der Waals surface area contributed by atoms with Crippen molar-refractivity contribution in [1.29, 1.82) is 0 Å². The number of rotatable bonds is 3. The van der Waals surface area contributed by atoms with Crippen molar-refractivity contribution in [2.75, 3.05) is 0 Å². The van der Waals surface area contributed by atoms with Crippen molar-refractivity contribution in [3.8, 4) is 0 Å². The Hall–Kier alpha value is -1.13. The fourth-order valence-electron chi connectivity index (χ4n) is 1.39. The third kappa shape index (κ3) is 1.86. The molecular formula is C10H12N2OS. The number of aliphatic hydroxyl groups excluding tert-OH is 1. The van der Waals surface area contributed by atoms with Crippen LogP contribution in [0.5, 0.6) is 0 Å². The maximum Gasteiger partial charge on any atom is 0.108 e. The highest BCUT2D eigenvalue weighted by molar-refractivity contribution is 7.10. The molecule has 0 spiro atoms. The smallest absolute Gasteiger partial charge is 0.108 e. The fourth-order valence-corrected chi connectivity index (χ4v) is 2.30. The van der Waals surface area contributed by atoms with Crippen LogP contribution in [-0.4, -0.2) is 14.9 Å². The van der Waals surface area contributed by atoms with Crippen molar-refractivity contribution in [1.82, 2.24) is 9.78 Å². The lowest BCUT2D eigenvalue weighted by molar-refractivity contribution is 0.154. The zero-order valence-corrected chi connectivity index (χ0v) is 8.74. The van der Waals surface area contributed by atoms with Gasteiger partial charge in [-0.05, 0) is 30.0 Å². The molecule has 1 N–H and O–H groups in total. The van der Waals surface area contributed by atoms with E-state index in [1.807, 2.05) is 30.6 Å². The molecule has 0 fully saturated rings. The summed E-state index contributed by atoms with van der Waals surface area (Å²) in [6, 6.07) is 3.88. The second kappa shape index (κ2) is 3.94. The molecule has 3 nitrogen and oxygen atoms in total. The average molecular weight is 208 g/mol.